The molecule has 0 aliphatic rings. The first-order chi connectivity index (χ1) is 9.08. The molecule has 0 fully saturated rings. The molecule has 0 aliphatic heterocycles. The lowest BCUT2D eigenvalue weighted by molar-refractivity contribution is 0.0698. The van der Waals surface area contributed by atoms with E-state index >= 15 is 0 Å². The van der Waals surface area contributed by atoms with Gasteiger partial charge in [0, 0.05) is 16.7 Å². The number of halogens is 1. The van der Waals surface area contributed by atoms with E-state index in [2.05, 4.69) is 40.0 Å². The molecule has 1 rings (SSSR count). The number of nitrogens with one attached hydrogen (secondary N) is 1. The SMILES string of the molecule is CCN(CC)CCCNc1ccc(Br)cc1C(=O)O. The second-order valence-corrected chi connectivity index (χ2v) is 5.22. The molecule has 0 atom stereocenters. The minimum atomic E-state index is -0.910. The molecule has 0 unspecified atom stereocenters. The Hall–Kier alpha value is -1.07. The molecule has 0 radical (unpaired) electrons. The first-order valence-corrected chi connectivity index (χ1v) is 7.36. The highest BCUT2D eigenvalue weighted by Gasteiger charge is 2.10. The van der Waals surface area contributed by atoms with Gasteiger partial charge in [-0.1, -0.05) is 29.8 Å². The van der Waals surface area contributed by atoms with Gasteiger partial charge in [0.1, 0.15) is 0 Å². The van der Waals surface area contributed by atoms with Crippen molar-refractivity contribution in [1.82, 2.24) is 4.90 Å². The van der Waals surface area contributed by atoms with Gasteiger partial charge in [-0.3, -0.25) is 0 Å². The van der Waals surface area contributed by atoms with Gasteiger partial charge < -0.3 is 15.3 Å². The van der Waals surface area contributed by atoms with E-state index < -0.39 is 5.97 Å². The molecule has 0 saturated carbocycles. The lowest BCUT2D eigenvalue weighted by atomic mass is 10.2. The van der Waals surface area contributed by atoms with Crippen molar-refractivity contribution >= 4 is 27.6 Å². The van der Waals surface area contributed by atoms with Crippen LogP contribution in [0.1, 0.15) is 30.6 Å². The standard InChI is InChI=1S/C14H21BrN2O2/c1-3-17(4-2)9-5-8-16-13-7-6-11(15)10-12(13)14(18)19/h6-7,10,16H,3-5,8-9H2,1-2H3,(H,18,19). The van der Waals surface area contributed by atoms with Crippen molar-refractivity contribution in [2.45, 2.75) is 20.3 Å². The molecule has 0 bridgehead atoms. The highest BCUT2D eigenvalue weighted by molar-refractivity contribution is 9.10. The van der Waals surface area contributed by atoms with Crippen LogP contribution < -0.4 is 5.32 Å². The maximum Gasteiger partial charge on any atom is 0.337 e. The Labute approximate surface area is 122 Å². The molecular formula is C14H21BrN2O2. The number of hydrogen-bond donors (Lipinski definition) is 2. The van der Waals surface area contributed by atoms with Crippen LogP contribution in [0.5, 0.6) is 0 Å². The number of aromatic carboxylic acids is 1. The van der Waals surface area contributed by atoms with Crippen LogP contribution in [-0.2, 0) is 0 Å². The summed E-state index contributed by atoms with van der Waals surface area (Å²) in [5.74, 6) is -0.910. The quantitative estimate of drug-likeness (QED) is 0.719. The fourth-order valence-electron chi connectivity index (χ4n) is 1.91. The molecule has 4 nitrogen and oxygen atoms in total. The van der Waals surface area contributed by atoms with Gasteiger partial charge in [-0.05, 0) is 44.3 Å². The van der Waals surface area contributed by atoms with Crippen molar-refractivity contribution in [3.05, 3.63) is 28.2 Å². The summed E-state index contributed by atoms with van der Waals surface area (Å²) in [7, 11) is 0. The summed E-state index contributed by atoms with van der Waals surface area (Å²) in [6, 6.07) is 5.26. The van der Waals surface area contributed by atoms with E-state index in [1.165, 1.54) is 0 Å². The van der Waals surface area contributed by atoms with Crippen LogP contribution in [-0.4, -0.2) is 42.2 Å². The molecule has 0 amide bonds. The van der Waals surface area contributed by atoms with E-state index in [0.29, 0.717) is 11.3 Å². The normalized spacial score (nSPS) is 10.7. The molecule has 19 heavy (non-hydrogen) atoms. The van der Waals surface area contributed by atoms with Crippen LogP contribution in [0, 0.1) is 0 Å². The van der Waals surface area contributed by atoms with E-state index in [1.54, 1.807) is 12.1 Å². The number of carboxylic acid groups (broad SMARTS) is 1. The van der Waals surface area contributed by atoms with Crippen molar-refractivity contribution in [2.75, 3.05) is 31.5 Å². The second kappa shape index (κ2) is 8.17. The minimum Gasteiger partial charge on any atom is -0.478 e. The summed E-state index contributed by atoms with van der Waals surface area (Å²) in [6.07, 6.45) is 0.997. The summed E-state index contributed by atoms with van der Waals surface area (Å²) in [5.41, 5.74) is 0.979. The summed E-state index contributed by atoms with van der Waals surface area (Å²) < 4.78 is 0.776. The van der Waals surface area contributed by atoms with E-state index in [9.17, 15) is 4.79 Å². The smallest absolute Gasteiger partial charge is 0.337 e. The average molecular weight is 329 g/mol. The number of carbonyl (C=O) groups is 1. The zero-order chi connectivity index (χ0) is 14.3. The van der Waals surface area contributed by atoms with Crippen LogP contribution >= 0.6 is 15.9 Å². The minimum absolute atomic E-state index is 0.303. The lowest BCUT2D eigenvalue weighted by Crippen LogP contribution is -2.25. The second-order valence-electron chi connectivity index (χ2n) is 4.30. The van der Waals surface area contributed by atoms with E-state index in [-0.39, 0.29) is 0 Å². The number of anilines is 1. The van der Waals surface area contributed by atoms with Gasteiger partial charge in [0.25, 0.3) is 0 Å². The molecule has 0 heterocycles. The third-order valence-corrected chi connectivity index (χ3v) is 3.57. The molecule has 1 aromatic carbocycles. The lowest BCUT2D eigenvalue weighted by Gasteiger charge is -2.18. The van der Waals surface area contributed by atoms with Gasteiger partial charge in [0.2, 0.25) is 0 Å². The van der Waals surface area contributed by atoms with Crippen molar-refractivity contribution in [3.8, 4) is 0 Å². The average Bonchev–Trinajstić information content (AvgIpc) is 2.40. The van der Waals surface area contributed by atoms with Crippen molar-refractivity contribution in [3.63, 3.8) is 0 Å². The van der Waals surface area contributed by atoms with Crippen LogP contribution in [0.4, 0.5) is 5.69 Å². The van der Waals surface area contributed by atoms with Gasteiger partial charge in [-0.25, -0.2) is 4.79 Å². The number of carboxylic acids is 1. The van der Waals surface area contributed by atoms with Crippen LogP contribution in [0.3, 0.4) is 0 Å². The number of rotatable bonds is 8. The Bertz CT molecular complexity index is 420. The maximum absolute atomic E-state index is 11.1. The van der Waals surface area contributed by atoms with Crippen LogP contribution in [0.15, 0.2) is 22.7 Å². The Morgan fingerprint density at radius 1 is 1.37 bits per heavy atom. The predicted octanol–water partition coefficient (Wildman–Crippen LogP) is 3.29. The number of nitrogens with zero attached hydrogens (tertiary/aromatic N) is 1. The van der Waals surface area contributed by atoms with E-state index in [0.717, 1.165) is 37.1 Å². The molecule has 0 saturated heterocycles. The van der Waals surface area contributed by atoms with Gasteiger partial charge in [-0.2, -0.15) is 0 Å². The summed E-state index contributed by atoms with van der Waals surface area (Å²) in [5, 5.41) is 12.3. The fraction of sp³-hybridized carbons (Fsp3) is 0.500. The van der Waals surface area contributed by atoms with Crippen molar-refractivity contribution < 1.29 is 9.90 Å². The Kier molecular flexibility index (Phi) is 6.87. The third kappa shape index (κ3) is 5.20. The van der Waals surface area contributed by atoms with Gasteiger partial charge in [0.05, 0.1) is 5.56 Å². The monoisotopic (exact) mass is 328 g/mol. The molecule has 5 heteroatoms. The summed E-state index contributed by atoms with van der Waals surface area (Å²) in [4.78, 5) is 13.5. The molecule has 2 N–H and O–H groups in total. The predicted molar refractivity (Wildman–Crippen MR) is 82.0 cm³/mol. The zero-order valence-corrected chi connectivity index (χ0v) is 13.0. The third-order valence-electron chi connectivity index (χ3n) is 3.07. The van der Waals surface area contributed by atoms with Gasteiger partial charge in [-0.15, -0.1) is 0 Å². The Balaban J connectivity index is 2.51. The van der Waals surface area contributed by atoms with Gasteiger partial charge in [0.15, 0.2) is 0 Å². The fourth-order valence-corrected chi connectivity index (χ4v) is 2.27. The van der Waals surface area contributed by atoms with Crippen molar-refractivity contribution in [2.24, 2.45) is 0 Å². The number of hydrogen-bond acceptors (Lipinski definition) is 3. The highest BCUT2D eigenvalue weighted by atomic mass is 79.9. The Morgan fingerprint density at radius 3 is 2.63 bits per heavy atom. The summed E-state index contributed by atoms with van der Waals surface area (Å²) >= 11 is 3.29. The van der Waals surface area contributed by atoms with Crippen molar-refractivity contribution in [1.29, 1.82) is 0 Å². The molecule has 1 aromatic rings. The largest absolute Gasteiger partial charge is 0.478 e. The van der Waals surface area contributed by atoms with E-state index in [1.807, 2.05) is 6.07 Å². The number of benzene rings is 1. The zero-order valence-electron chi connectivity index (χ0n) is 11.4. The molecular weight excluding hydrogens is 308 g/mol. The first-order valence-electron chi connectivity index (χ1n) is 6.57. The van der Waals surface area contributed by atoms with Crippen LogP contribution in [0.2, 0.25) is 0 Å². The highest BCUT2D eigenvalue weighted by Crippen LogP contribution is 2.21. The van der Waals surface area contributed by atoms with E-state index in [4.69, 9.17) is 5.11 Å². The Morgan fingerprint density at radius 2 is 2.05 bits per heavy atom. The summed E-state index contributed by atoms with van der Waals surface area (Å²) in [6.45, 7) is 8.20. The first kappa shape index (κ1) is 16.0. The van der Waals surface area contributed by atoms with Crippen LogP contribution in [0.25, 0.3) is 0 Å². The molecule has 106 valence electrons. The molecule has 0 spiro atoms. The topological polar surface area (TPSA) is 52.6 Å². The molecule has 0 aromatic heterocycles. The molecule has 0 aliphatic carbocycles. The van der Waals surface area contributed by atoms with Gasteiger partial charge >= 0.3 is 5.97 Å². The maximum atomic E-state index is 11.1.